The standard InChI is InChI=1S/C28H23FN4O3S/c29-21-4-10-25-20(13-21)14-26(28-30-11-12-36-28)33(25)17-27(34)32-16-22-5-1-19(15-31-22)18-2-6-23(7-3-18)37(35)24-8-9-24/h1-7,10-15,24H,8-9,16-17H2,(H,32,34). The first kappa shape index (κ1) is 23.3. The normalized spacial score (nSPS) is 14.1. The minimum atomic E-state index is -0.914. The molecule has 1 fully saturated rings. The first-order valence-electron chi connectivity index (χ1n) is 12.0. The summed E-state index contributed by atoms with van der Waals surface area (Å²) in [5.74, 6) is -0.222. The maximum absolute atomic E-state index is 13.8. The number of nitrogens with zero attached hydrogens (tertiary/aromatic N) is 3. The number of fused-ring (bicyclic) bond motifs is 1. The zero-order valence-electron chi connectivity index (χ0n) is 19.8. The fraction of sp³-hybridized carbons (Fsp3) is 0.179. The van der Waals surface area contributed by atoms with Gasteiger partial charge in [-0.3, -0.25) is 14.0 Å². The fourth-order valence-electron chi connectivity index (χ4n) is 4.28. The lowest BCUT2D eigenvalue weighted by atomic mass is 10.1. The molecule has 0 saturated heterocycles. The highest BCUT2D eigenvalue weighted by molar-refractivity contribution is 7.86. The van der Waals surface area contributed by atoms with Gasteiger partial charge < -0.3 is 14.3 Å². The average Bonchev–Trinajstić information content (AvgIpc) is 3.52. The lowest BCUT2D eigenvalue weighted by Gasteiger charge is -2.10. The van der Waals surface area contributed by atoms with Crippen LogP contribution in [0.15, 0.2) is 88.6 Å². The van der Waals surface area contributed by atoms with Crippen molar-refractivity contribution in [2.75, 3.05) is 0 Å². The van der Waals surface area contributed by atoms with Crippen LogP contribution in [0.3, 0.4) is 0 Å². The van der Waals surface area contributed by atoms with E-state index in [1.54, 1.807) is 22.9 Å². The molecular weight excluding hydrogens is 491 g/mol. The van der Waals surface area contributed by atoms with E-state index in [-0.39, 0.29) is 24.8 Å². The van der Waals surface area contributed by atoms with Crippen molar-refractivity contribution in [3.8, 4) is 22.7 Å². The highest BCUT2D eigenvalue weighted by Crippen LogP contribution is 2.31. The second kappa shape index (κ2) is 9.74. The van der Waals surface area contributed by atoms with E-state index in [0.29, 0.717) is 27.7 Å². The van der Waals surface area contributed by atoms with E-state index in [1.165, 1.54) is 24.6 Å². The van der Waals surface area contributed by atoms with Crippen LogP contribution in [0.5, 0.6) is 0 Å². The largest absolute Gasteiger partial charge is 0.443 e. The Bertz CT molecular complexity index is 1590. The molecule has 1 saturated carbocycles. The number of aromatic nitrogens is 3. The van der Waals surface area contributed by atoms with Crippen LogP contribution in [0.25, 0.3) is 33.6 Å². The van der Waals surface area contributed by atoms with Gasteiger partial charge in [-0.2, -0.15) is 0 Å². The van der Waals surface area contributed by atoms with Crippen molar-refractivity contribution >= 4 is 27.6 Å². The van der Waals surface area contributed by atoms with E-state index >= 15 is 0 Å². The third-order valence-corrected chi connectivity index (χ3v) is 8.17. The Morgan fingerprint density at radius 2 is 1.86 bits per heavy atom. The van der Waals surface area contributed by atoms with Gasteiger partial charge in [0.1, 0.15) is 24.3 Å². The number of carbonyl (C=O) groups excluding carboxylic acids is 1. The Balaban J connectivity index is 1.12. The second-order valence-electron chi connectivity index (χ2n) is 8.99. The van der Waals surface area contributed by atoms with Crippen LogP contribution in [-0.2, 0) is 28.7 Å². The van der Waals surface area contributed by atoms with Crippen LogP contribution in [0.1, 0.15) is 18.5 Å². The van der Waals surface area contributed by atoms with Gasteiger partial charge in [-0.25, -0.2) is 9.37 Å². The summed E-state index contributed by atoms with van der Waals surface area (Å²) in [5, 5.41) is 3.87. The molecule has 3 heterocycles. The minimum absolute atomic E-state index is 0.0134. The van der Waals surface area contributed by atoms with Crippen molar-refractivity contribution in [1.82, 2.24) is 19.9 Å². The van der Waals surface area contributed by atoms with E-state index in [0.717, 1.165) is 34.6 Å². The second-order valence-corrected chi connectivity index (χ2v) is 10.7. The average molecular weight is 515 g/mol. The molecule has 9 heteroatoms. The first-order chi connectivity index (χ1) is 18.0. The number of amides is 1. The molecule has 5 aromatic rings. The van der Waals surface area contributed by atoms with Gasteiger partial charge in [0, 0.05) is 32.8 Å². The fourth-order valence-corrected chi connectivity index (χ4v) is 5.64. The Morgan fingerprint density at radius 1 is 1.05 bits per heavy atom. The van der Waals surface area contributed by atoms with Gasteiger partial charge in [-0.1, -0.05) is 18.2 Å². The molecule has 37 heavy (non-hydrogen) atoms. The maximum atomic E-state index is 13.8. The Labute approximate surface area is 214 Å². The molecule has 0 radical (unpaired) electrons. The Morgan fingerprint density at radius 3 is 2.57 bits per heavy atom. The molecule has 0 aliphatic heterocycles. The van der Waals surface area contributed by atoms with Crippen molar-refractivity contribution < 1.29 is 17.8 Å². The summed E-state index contributed by atoms with van der Waals surface area (Å²) in [4.78, 5) is 22.4. The highest BCUT2D eigenvalue weighted by atomic mass is 32.2. The zero-order chi connectivity index (χ0) is 25.4. The van der Waals surface area contributed by atoms with Crippen molar-refractivity contribution in [3.05, 3.63) is 90.8 Å². The number of benzene rings is 2. The van der Waals surface area contributed by atoms with Crippen LogP contribution in [0.4, 0.5) is 4.39 Å². The van der Waals surface area contributed by atoms with Crippen molar-refractivity contribution in [3.63, 3.8) is 0 Å². The molecule has 7 nitrogen and oxygen atoms in total. The monoisotopic (exact) mass is 514 g/mol. The lowest BCUT2D eigenvalue weighted by Crippen LogP contribution is -2.27. The zero-order valence-corrected chi connectivity index (χ0v) is 20.6. The van der Waals surface area contributed by atoms with Gasteiger partial charge in [-0.05, 0) is 60.9 Å². The molecule has 186 valence electrons. The van der Waals surface area contributed by atoms with Crippen molar-refractivity contribution in [1.29, 1.82) is 0 Å². The molecule has 1 unspecified atom stereocenters. The summed E-state index contributed by atoms with van der Waals surface area (Å²) >= 11 is 0. The molecule has 0 bridgehead atoms. The van der Waals surface area contributed by atoms with Crippen molar-refractivity contribution in [2.24, 2.45) is 0 Å². The number of carbonyl (C=O) groups is 1. The minimum Gasteiger partial charge on any atom is -0.443 e. The van der Waals surface area contributed by atoms with E-state index in [9.17, 15) is 13.4 Å². The quantitative estimate of drug-likeness (QED) is 0.312. The van der Waals surface area contributed by atoms with E-state index in [2.05, 4.69) is 15.3 Å². The maximum Gasteiger partial charge on any atom is 0.243 e. The summed E-state index contributed by atoms with van der Waals surface area (Å²) in [6.45, 7) is 0.278. The molecule has 1 amide bonds. The summed E-state index contributed by atoms with van der Waals surface area (Å²) in [5.41, 5.74) is 3.96. The van der Waals surface area contributed by atoms with Gasteiger partial charge >= 0.3 is 0 Å². The molecule has 2 aromatic carbocycles. The van der Waals surface area contributed by atoms with E-state index in [1.807, 2.05) is 36.4 Å². The summed E-state index contributed by atoms with van der Waals surface area (Å²) in [7, 11) is -0.914. The molecule has 1 N–H and O–H groups in total. The van der Waals surface area contributed by atoms with Crippen molar-refractivity contribution in [2.45, 2.75) is 36.1 Å². The van der Waals surface area contributed by atoms with E-state index < -0.39 is 10.8 Å². The highest BCUT2D eigenvalue weighted by Gasteiger charge is 2.29. The molecular formula is C28H23FN4O3S. The summed E-state index contributed by atoms with van der Waals surface area (Å²) in [6, 6.07) is 17.8. The number of oxazole rings is 1. The SMILES string of the molecule is O=C(Cn1c(-c2ncco2)cc2cc(F)ccc21)NCc1ccc(-c2ccc(S(=O)C3CC3)cc2)cn1. The molecule has 0 spiro atoms. The number of nitrogens with one attached hydrogen (secondary N) is 1. The van der Waals surface area contributed by atoms with Gasteiger partial charge in [0.25, 0.3) is 0 Å². The molecule has 1 aliphatic carbocycles. The summed E-state index contributed by atoms with van der Waals surface area (Å²) in [6.07, 6.45) is 6.83. The van der Waals surface area contributed by atoms with Crippen LogP contribution in [0, 0.1) is 5.82 Å². The van der Waals surface area contributed by atoms with Gasteiger partial charge in [0.15, 0.2) is 0 Å². The van der Waals surface area contributed by atoms with Gasteiger partial charge in [0.2, 0.25) is 11.8 Å². The smallest absolute Gasteiger partial charge is 0.243 e. The Hall–Kier alpha value is -4.11. The van der Waals surface area contributed by atoms with Crippen LogP contribution < -0.4 is 5.32 Å². The summed E-state index contributed by atoms with van der Waals surface area (Å²) < 4.78 is 33.3. The molecule has 3 aromatic heterocycles. The Kier molecular flexibility index (Phi) is 6.13. The first-order valence-corrected chi connectivity index (χ1v) is 13.2. The van der Waals surface area contributed by atoms with Gasteiger partial charge in [-0.15, -0.1) is 0 Å². The molecule has 1 atom stereocenters. The molecule has 1 aliphatic rings. The lowest BCUT2D eigenvalue weighted by molar-refractivity contribution is -0.121. The molecule has 6 rings (SSSR count). The predicted octanol–water partition coefficient (Wildman–Crippen LogP) is 5.08. The number of rotatable bonds is 8. The third-order valence-electron chi connectivity index (χ3n) is 6.36. The van der Waals surface area contributed by atoms with Crippen LogP contribution >= 0.6 is 0 Å². The number of hydrogen-bond donors (Lipinski definition) is 1. The van der Waals surface area contributed by atoms with E-state index in [4.69, 9.17) is 4.42 Å². The van der Waals surface area contributed by atoms with Crippen LogP contribution in [-0.4, -0.2) is 29.9 Å². The third kappa shape index (κ3) is 4.95. The topological polar surface area (TPSA) is 90.0 Å². The predicted molar refractivity (Wildman–Crippen MR) is 138 cm³/mol. The van der Waals surface area contributed by atoms with Gasteiger partial charge in [0.05, 0.1) is 29.2 Å². The number of pyridine rings is 1. The number of hydrogen-bond acceptors (Lipinski definition) is 5. The number of halogens is 1. The van der Waals surface area contributed by atoms with Crippen LogP contribution in [0.2, 0.25) is 0 Å².